The maximum atomic E-state index is 11.2. The van der Waals surface area contributed by atoms with Gasteiger partial charge in [-0.3, -0.25) is 4.79 Å². The van der Waals surface area contributed by atoms with Crippen LogP contribution in [0.25, 0.3) is 0 Å². The number of rotatable bonds is 2. The van der Waals surface area contributed by atoms with Gasteiger partial charge in [0.15, 0.2) is 0 Å². The average molecular weight is 172 g/mol. The van der Waals surface area contributed by atoms with Crippen molar-refractivity contribution in [3.05, 3.63) is 0 Å². The van der Waals surface area contributed by atoms with Crippen molar-refractivity contribution >= 4 is 5.97 Å². The fourth-order valence-electron chi connectivity index (χ4n) is 1.68. The summed E-state index contributed by atoms with van der Waals surface area (Å²) >= 11 is 0. The van der Waals surface area contributed by atoms with E-state index in [2.05, 4.69) is 10.2 Å². The van der Waals surface area contributed by atoms with Crippen molar-refractivity contribution in [1.29, 1.82) is 0 Å². The fraction of sp³-hybridized carbons (Fsp3) is 0.875. The van der Waals surface area contributed by atoms with Gasteiger partial charge in [-0.2, -0.15) is 0 Å². The van der Waals surface area contributed by atoms with E-state index in [4.69, 9.17) is 4.74 Å². The van der Waals surface area contributed by atoms with Gasteiger partial charge in [0.05, 0.1) is 13.0 Å². The van der Waals surface area contributed by atoms with E-state index in [-0.39, 0.29) is 17.9 Å². The molecule has 0 amide bonds. The normalized spacial score (nSPS) is 30.6. The lowest BCUT2D eigenvalue weighted by Crippen LogP contribution is -2.37. The quantitative estimate of drug-likeness (QED) is 0.560. The molecule has 1 aliphatic heterocycles. The lowest BCUT2D eigenvalue weighted by Gasteiger charge is -2.14. The molecule has 2 atom stereocenters. The summed E-state index contributed by atoms with van der Waals surface area (Å²) in [5.41, 5.74) is 0. The molecule has 0 saturated carbocycles. The Kier molecular flexibility index (Phi) is 3.05. The van der Waals surface area contributed by atoms with E-state index >= 15 is 0 Å². The minimum absolute atomic E-state index is 0.00926. The largest absolute Gasteiger partial charge is 0.469 e. The first-order valence-electron chi connectivity index (χ1n) is 4.12. The highest BCUT2D eigenvalue weighted by atomic mass is 16.5. The Hall–Kier alpha value is -0.610. The molecule has 4 heteroatoms. The Morgan fingerprint density at radius 1 is 1.58 bits per heavy atom. The summed E-state index contributed by atoms with van der Waals surface area (Å²) in [7, 11) is 5.32. The standard InChI is InChI=1S/C8H16N2O2/c1-9-7-5-10(2)4-6(7)8(11)12-3/h6-7,9H,4-5H2,1-3H3/t6-,7?/m0/s1. The summed E-state index contributed by atoms with van der Waals surface area (Å²) in [6.07, 6.45) is 0. The van der Waals surface area contributed by atoms with E-state index in [0.717, 1.165) is 13.1 Å². The van der Waals surface area contributed by atoms with Crippen molar-refractivity contribution < 1.29 is 9.53 Å². The topological polar surface area (TPSA) is 41.6 Å². The molecule has 1 unspecified atom stereocenters. The number of hydrogen-bond acceptors (Lipinski definition) is 4. The second-order valence-corrected chi connectivity index (χ2v) is 3.25. The molecule has 1 rings (SSSR count). The van der Waals surface area contributed by atoms with E-state index in [9.17, 15) is 4.79 Å². The number of esters is 1. The Morgan fingerprint density at radius 2 is 2.25 bits per heavy atom. The number of carbonyl (C=O) groups excluding carboxylic acids is 1. The average Bonchev–Trinajstić information content (AvgIpc) is 2.45. The van der Waals surface area contributed by atoms with Crippen molar-refractivity contribution in [3.8, 4) is 0 Å². The fourth-order valence-corrected chi connectivity index (χ4v) is 1.68. The highest BCUT2D eigenvalue weighted by molar-refractivity contribution is 5.73. The van der Waals surface area contributed by atoms with Crippen molar-refractivity contribution in [3.63, 3.8) is 0 Å². The van der Waals surface area contributed by atoms with Gasteiger partial charge >= 0.3 is 5.97 Å². The second kappa shape index (κ2) is 3.87. The number of nitrogens with zero attached hydrogens (tertiary/aromatic N) is 1. The second-order valence-electron chi connectivity index (χ2n) is 3.25. The molecule has 0 aromatic heterocycles. The highest BCUT2D eigenvalue weighted by Gasteiger charge is 2.35. The molecule has 0 aliphatic carbocycles. The van der Waals surface area contributed by atoms with E-state index in [0.29, 0.717) is 0 Å². The third-order valence-electron chi connectivity index (χ3n) is 2.38. The first kappa shape index (κ1) is 9.48. The molecule has 0 aromatic carbocycles. The number of ether oxygens (including phenoxy) is 1. The van der Waals surface area contributed by atoms with Crippen LogP contribution in [0.15, 0.2) is 0 Å². The van der Waals surface area contributed by atoms with Gasteiger partial charge in [0, 0.05) is 19.1 Å². The molecule has 1 heterocycles. The predicted molar refractivity (Wildman–Crippen MR) is 45.9 cm³/mol. The van der Waals surface area contributed by atoms with Crippen LogP contribution in [0.1, 0.15) is 0 Å². The number of methoxy groups -OCH3 is 1. The number of likely N-dealkylation sites (N-methyl/N-ethyl adjacent to an activating group) is 2. The van der Waals surface area contributed by atoms with Gasteiger partial charge in [-0.25, -0.2) is 0 Å². The van der Waals surface area contributed by atoms with Crippen molar-refractivity contribution in [2.75, 3.05) is 34.3 Å². The number of nitrogens with one attached hydrogen (secondary N) is 1. The highest BCUT2D eigenvalue weighted by Crippen LogP contribution is 2.16. The smallest absolute Gasteiger partial charge is 0.311 e. The summed E-state index contributed by atoms with van der Waals surface area (Å²) in [4.78, 5) is 13.4. The Morgan fingerprint density at radius 3 is 2.75 bits per heavy atom. The summed E-state index contributed by atoms with van der Waals surface area (Å²) in [6, 6.07) is 0.238. The molecule has 0 radical (unpaired) electrons. The third-order valence-corrected chi connectivity index (χ3v) is 2.38. The molecule has 0 bridgehead atoms. The SMILES string of the molecule is CNC1CN(C)C[C@@H]1C(=O)OC. The third kappa shape index (κ3) is 1.76. The van der Waals surface area contributed by atoms with Crippen LogP contribution in [0.4, 0.5) is 0 Å². The van der Waals surface area contributed by atoms with Crippen molar-refractivity contribution in [2.24, 2.45) is 5.92 Å². The summed E-state index contributed by atoms with van der Waals surface area (Å²) in [6.45, 7) is 1.70. The van der Waals surface area contributed by atoms with Crippen LogP contribution < -0.4 is 5.32 Å². The molecule has 1 aliphatic rings. The van der Waals surface area contributed by atoms with Crippen LogP contribution >= 0.6 is 0 Å². The van der Waals surface area contributed by atoms with Gasteiger partial charge in [-0.05, 0) is 14.1 Å². The molecule has 1 saturated heterocycles. The van der Waals surface area contributed by atoms with Gasteiger partial charge in [0.2, 0.25) is 0 Å². The molecule has 0 spiro atoms. The van der Waals surface area contributed by atoms with Crippen LogP contribution in [-0.2, 0) is 9.53 Å². The molecule has 70 valence electrons. The maximum absolute atomic E-state index is 11.2. The Labute approximate surface area is 72.9 Å². The van der Waals surface area contributed by atoms with Crippen molar-refractivity contribution in [2.45, 2.75) is 6.04 Å². The van der Waals surface area contributed by atoms with Gasteiger partial charge < -0.3 is 15.0 Å². The summed E-state index contributed by atoms with van der Waals surface area (Å²) in [5, 5.41) is 3.12. The van der Waals surface area contributed by atoms with Crippen molar-refractivity contribution in [1.82, 2.24) is 10.2 Å². The summed E-state index contributed by atoms with van der Waals surface area (Å²) < 4.78 is 4.71. The van der Waals surface area contributed by atoms with Gasteiger partial charge in [-0.15, -0.1) is 0 Å². The molecular weight excluding hydrogens is 156 g/mol. The maximum Gasteiger partial charge on any atom is 0.311 e. The first-order valence-corrected chi connectivity index (χ1v) is 4.12. The van der Waals surface area contributed by atoms with E-state index in [1.165, 1.54) is 7.11 Å². The van der Waals surface area contributed by atoms with Crippen LogP contribution in [0.3, 0.4) is 0 Å². The summed E-state index contributed by atoms with van der Waals surface area (Å²) in [5.74, 6) is -0.122. The lowest BCUT2D eigenvalue weighted by atomic mass is 10.0. The zero-order valence-corrected chi connectivity index (χ0v) is 7.83. The monoisotopic (exact) mass is 172 g/mol. The molecule has 0 aromatic rings. The molecular formula is C8H16N2O2. The predicted octanol–water partition coefficient (Wildman–Crippen LogP) is -0.691. The molecule has 1 fully saturated rings. The first-order chi connectivity index (χ1) is 5.69. The van der Waals surface area contributed by atoms with Crippen LogP contribution in [0.2, 0.25) is 0 Å². The number of hydrogen-bond donors (Lipinski definition) is 1. The zero-order valence-electron chi connectivity index (χ0n) is 7.83. The van der Waals surface area contributed by atoms with Gasteiger partial charge in [-0.1, -0.05) is 0 Å². The van der Waals surface area contributed by atoms with Gasteiger partial charge in [0.25, 0.3) is 0 Å². The number of carbonyl (C=O) groups is 1. The minimum atomic E-state index is -0.112. The molecule has 12 heavy (non-hydrogen) atoms. The van der Waals surface area contributed by atoms with Crippen LogP contribution in [0, 0.1) is 5.92 Å². The van der Waals surface area contributed by atoms with Crippen LogP contribution in [-0.4, -0.2) is 51.2 Å². The van der Waals surface area contributed by atoms with Gasteiger partial charge in [0.1, 0.15) is 0 Å². The van der Waals surface area contributed by atoms with Crippen LogP contribution in [0.5, 0.6) is 0 Å². The molecule has 1 N–H and O–H groups in total. The minimum Gasteiger partial charge on any atom is -0.469 e. The Bertz CT molecular complexity index is 172. The lowest BCUT2D eigenvalue weighted by molar-refractivity contribution is -0.145. The number of likely N-dealkylation sites (tertiary alicyclic amines) is 1. The van der Waals surface area contributed by atoms with E-state index < -0.39 is 0 Å². The molecule has 4 nitrogen and oxygen atoms in total. The van der Waals surface area contributed by atoms with E-state index in [1.54, 1.807) is 0 Å². The zero-order chi connectivity index (χ0) is 9.14. The Balaban J connectivity index is 2.57. The van der Waals surface area contributed by atoms with E-state index in [1.807, 2.05) is 14.1 Å².